The summed E-state index contributed by atoms with van der Waals surface area (Å²) < 4.78 is 5.12. The van der Waals surface area contributed by atoms with Gasteiger partial charge in [0.1, 0.15) is 5.75 Å². The molecule has 0 saturated heterocycles. The Morgan fingerprint density at radius 2 is 1.95 bits per heavy atom. The van der Waals surface area contributed by atoms with Crippen molar-refractivity contribution in [3.63, 3.8) is 0 Å². The average Bonchev–Trinajstić information content (AvgIpc) is 2.47. The zero-order valence-corrected chi connectivity index (χ0v) is 11.6. The molecule has 1 aliphatic carbocycles. The van der Waals surface area contributed by atoms with E-state index < -0.39 is 0 Å². The number of methoxy groups -OCH3 is 1. The molecule has 4 heteroatoms. The molecule has 104 valence electrons. The van der Waals surface area contributed by atoms with Crippen molar-refractivity contribution < 1.29 is 4.74 Å². The summed E-state index contributed by atoms with van der Waals surface area (Å²) in [5.74, 6) is 1.42. The molecule has 1 fully saturated rings. The van der Waals surface area contributed by atoms with Crippen LogP contribution in [0.5, 0.6) is 5.75 Å². The minimum Gasteiger partial charge on any atom is -0.497 e. The lowest BCUT2D eigenvalue weighted by molar-refractivity contribution is 0.412. The minimum absolute atomic E-state index is 0.508. The van der Waals surface area contributed by atoms with Gasteiger partial charge in [-0.2, -0.15) is 0 Å². The maximum absolute atomic E-state index is 5.92. The van der Waals surface area contributed by atoms with Crippen LogP contribution in [0, 0.1) is 0 Å². The third kappa shape index (κ3) is 4.47. The van der Waals surface area contributed by atoms with Crippen LogP contribution in [0.2, 0.25) is 0 Å². The maximum Gasteiger partial charge on any atom is 0.189 e. The van der Waals surface area contributed by atoms with Crippen molar-refractivity contribution in [2.24, 2.45) is 10.7 Å². The van der Waals surface area contributed by atoms with Crippen molar-refractivity contribution in [3.8, 4) is 5.75 Å². The normalized spacial score (nSPS) is 17.2. The molecule has 0 amide bonds. The Morgan fingerprint density at radius 1 is 1.26 bits per heavy atom. The van der Waals surface area contributed by atoms with E-state index in [9.17, 15) is 0 Å². The molecule has 0 bridgehead atoms. The lowest BCUT2D eigenvalue weighted by Crippen LogP contribution is -2.41. The number of aliphatic imine (C=N–C) groups is 1. The zero-order valence-electron chi connectivity index (χ0n) is 11.6. The Bertz CT molecular complexity index is 408. The predicted octanol–water partition coefficient (Wildman–Crippen LogP) is 2.43. The van der Waals surface area contributed by atoms with Crippen LogP contribution in [-0.2, 0) is 6.54 Å². The van der Waals surface area contributed by atoms with Gasteiger partial charge in [0, 0.05) is 6.04 Å². The maximum atomic E-state index is 5.92. The number of hydrogen-bond donors (Lipinski definition) is 2. The van der Waals surface area contributed by atoms with E-state index in [1.807, 2.05) is 24.3 Å². The highest BCUT2D eigenvalue weighted by molar-refractivity contribution is 5.78. The summed E-state index contributed by atoms with van der Waals surface area (Å²) in [6.07, 6.45) is 6.35. The van der Waals surface area contributed by atoms with Gasteiger partial charge in [-0.15, -0.1) is 0 Å². The summed E-state index contributed by atoms with van der Waals surface area (Å²) >= 11 is 0. The first-order valence-electron chi connectivity index (χ1n) is 6.97. The second-order valence-corrected chi connectivity index (χ2v) is 5.03. The first kappa shape index (κ1) is 13.7. The number of nitrogens with two attached hydrogens (primary N) is 1. The molecule has 0 atom stereocenters. The highest BCUT2D eigenvalue weighted by atomic mass is 16.5. The molecule has 0 aromatic heterocycles. The Balaban J connectivity index is 1.82. The highest BCUT2D eigenvalue weighted by Gasteiger charge is 2.13. The van der Waals surface area contributed by atoms with Gasteiger partial charge in [-0.25, -0.2) is 4.99 Å². The molecule has 1 aliphatic rings. The summed E-state index contributed by atoms with van der Waals surface area (Å²) in [5.41, 5.74) is 7.06. The van der Waals surface area contributed by atoms with Gasteiger partial charge in [-0.05, 0) is 30.5 Å². The van der Waals surface area contributed by atoms with E-state index in [0.717, 1.165) is 11.3 Å². The van der Waals surface area contributed by atoms with Gasteiger partial charge in [0.05, 0.1) is 13.7 Å². The molecule has 1 aromatic rings. The van der Waals surface area contributed by atoms with E-state index in [-0.39, 0.29) is 0 Å². The summed E-state index contributed by atoms with van der Waals surface area (Å²) in [7, 11) is 1.67. The molecule has 3 N–H and O–H groups in total. The number of guanidine groups is 1. The molecule has 1 saturated carbocycles. The Hall–Kier alpha value is -1.71. The largest absolute Gasteiger partial charge is 0.497 e. The van der Waals surface area contributed by atoms with Crippen molar-refractivity contribution in [1.82, 2.24) is 5.32 Å². The molecule has 0 aliphatic heterocycles. The number of nitrogens with zero attached hydrogens (tertiary/aromatic N) is 1. The topological polar surface area (TPSA) is 59.6 Å². The van der Waals surface area contributed by atoms with E-state index in [2.05, 4.69) is 10.3 Å². The van der Waals surface area contributed by atoms with Gasteiger partial charge in [0.25, 0.3) is 0 Å². The van der Waals surface area contributed by atoms with Gasteiger partial charge in [0.2, 0.25) is 0 Å². The second-order valence-electron chi connectivity index (χ2n) is 5.03. The Morgan fingerprint density at radius 3 is 2.58 bits per heavy atom. The van der Waals surface area contributed by atoms with Gasteiger partial charge < -0.3 is 15.8 Å². The number of rotatable bonds is 4. The molecule has 4 nitrogen and oxygen atoms in total. The van der Waals surface area contributed by atoms with Crippen molar-refractivity contribution in [2.45, 2.75) is 44.7 Å². The van der Waals surface area contributed by atoms with Crippen molar-refractivity contribution in [1.29, 1.82) is 0 Å². The first-order chi connectivity index (χ1) is 9.28. The van der Waals surface area contributed by atoms with Gasteiger partial charge in [-0.1, -0.05) is 31.4 Å². The molecule has 2 rings (SSSR count). The minimum atomic E-state index is 0.508. The van der Waals surface area contributed by atoms with Crippen molar-refractivity contribution >= 4 is 5.96 Å². The van der Waals surface area contributed by atoms with Gasteiger partial charge in [-0.3, -0.25) is 0 Å². The summed E-state index contributed by atoms with van der Waals surface area (Å²) in [5, 5.41) is 3.31. The van der Waals surface area contributed by atoms with Crippen molar-refractivity contribution in [2.75, 3.05) is 7.11 Å². The molecule has 0 radical (unpaired) electrons. The van der Waals surface area contributed by atoms with E-state index in [1.54, 1.807) is 7.11 Å². The van der Waals surface area contributed by atoms with E-state index in [0.29, 0.717) is 18.5 Å². The molecule has 0 spiro atoms. The number of ether oxygens (including phenoxy) is 1. The van der Waals surface area contributed by atoms with Crippen LogP contribution in [0.4, 0.5) is 0 Å². The monoisotopic (exact) mass is 261 g/mol. The van der Waals surface area contributed by atoms with Crippen LogP contribution >= 0.6 is 0 Å². The zero-order chi connectivity index (χ0) is 13.5. The lowest BCUT2D eigenvalue weighted by atomic mass is 9.96. The van der Waals surface area contributed by atoms with Crippen LogP contribution < -0.4 is 15.8 Å². The average molecular weight is 261 g/mol. The van der Waals surface area contributed by atoms with E-state index >= 15 is 0 Å². The lowest BCUT2D eigenvalue weighted by Gasteiger charge is -2.23. The highest BCUT2D eigenvalue weighted by Crippen LogP contribution is 2.17. The quantitative estimate of drug-likeness (QED) is 0.646. The fourth-order valence-electron chi connectivity index (χ4n) is 2.41. The molecule has 19 heavy (non-hydrogen) atoms. The van der Waals surface area contributed by atoms with Crippen LogP contribution in [0.3, 0.4) is 0 Å². The van der Waals surface area contributed by atoms with Gasteiger partial charge >= 0.3 is 0 Å². The van der Waals surface area contributed by atoms with Crippen LogP contribution in [0.25, 0.3) is 0 Å². The predicted molar refractivity (Wildman–Crippen MR) is 78.3 cm³/mol. The van der Waals surface area contributed by atoms with E-state index in [4.69, 9.17) is 10.5 Å². The van der Waals surface area contributed by atoms with Gasteiger partial charge in [0.15, 0.2) is 5.96 Å². The third-order valence-electron chi connectivity index (χ3n) is 3.55. The van der Waals surface area contributed by atoms with Crippen LogP contribution in [-0.4, -0.2) is 19.1 Å². The summed E-state index contributed by atoms with van der Waals surface area (Å²) in [6, 6.07) is 8.41. The molecular weight excluding hydrogens is 238 g/mol. The number of benzene rings is 1. The Labute approximate surface area is 115 Å². The SMILES string of the molecule is COc1ccc(CN=C(N)NC2CCCCC2)cc1. The smallest absolute Gasteiger partial charge is 0.189 e. The second kappa shape index (κ2) is 7.02. The first-order valence-corrected chi connectivity index (χ1v) is 6.97. The third-order valence-corrected chi connectivity index (χ3v) is 3.55. The van der Waals surface area contributed by atoms with Crippen LogP contribution in [0.15, 0.2) is 29.3 Å². The fraction of sp³-hybridized carbons (Fsp3) is 0.533. The number of hydrogen-bond acceptors (Lipinski definition) is 2. The summed E-state index contributed by atoms with van der Waals surface area (Å²) in [4.78, 5) is 4.39. The molecule has 1 aromatic carbocycles. The fourth-order valence-corrected chi connectivity index (χ4v) is 2.41. The summed E-state index contributed by atoms with van der Waals surface area (Å²) in [6.45, 7) is 0.607. The van der Waals surface area contributed by atoms with Crippen molar-refractivity contribution in [3.05, 3.63) is 29.8 Å². The molecule has 0 heterocycles. The number of nitrogens with one attached hydrogen (secondary N) is 1. The van der Waals surface area contributed by atoms with Crippen LogP contribution in [0.1, 0.15) is 37.7 Å². The standard InChI is InChI=1S/C15H23N3O/c1-19-14-9-7-12(8-10-14)11-17-15(16)18-13-5-3-2-4-6-13/h7-10,13H,2-6,11H2,1H3,(H3,16,17,18). The molecule has 0 unspecified atom stereocenters. The van der Waals surface area contributed by atoms with E-state index in [1.165, 1.54) is 32.1 Å². The Kier molecular flexibility index (Phi) is 5.07. The molecular formula is C15H23N3O.